The van der Waals surface area contributed by atoms with Gasteiger partial charge in [0.05, 0.1) is 0 Å². The predicted octanol–water partition coefficient (Wildman–Crippen LogP) is 8.15. The lowest BCUT2D eigenvalue weighted by Crippen LogP contribution is -1.84. The lowest BCUT2D eigenvalue weighted by atomic mass is 9.95. The molecule has 0 aromatic heterocycles. The normalized spacial score (nSPS) is 10.9. The van der Waals surface area contributed by atoms with E-state index in [4.69, 9.17) is 0 Å². The van der Waals surface area contributed by atoms with E-state index in [2.05, 4.69) is 122 Å². The van der Waals surface area contributed by atoms with Crippen LogP contribution in [0, 0.1) is 6.92 Å². The van der Waals surface area contributed by atoms with Crippen molar-refractivity contribution in [2.24, 2.45) is 0 Å². The zero-order chi connectivity index (χ0) is 19.6. The van der Waals surface area contributed by atoms with Gasteiger partial charge in [-0.15, -0.1) is 0 Å². The van der Waals surface area contributed by atoms with Gasteiger partial charge in [-0.05, 0) is 69.3 Å². The van der Waals surface area contributed by atoms with Gasteiger partial charge in [-0.2, -0.15) is 0 Å². The van der Waals surface area contributed by atoms with Crippen LogP contribution in [-0.4, -0.2) is 0 Å². The SMILES string of the molecule is Cc1cccc(-c2cccc(-c3cccc(-c4ccc5ccccc5c4)c3)c2)c1. The summed E-state index contributed by atoms with van der Waals surface area (Å²) in [5, 5.41) is 2.55. The third-order valence-corrected chi connectivity index (χ3v) is 5.49. The topological polar surface area (TPSA) is 0 Å². The minimum atomic E-state index is 1.24. The zero-order valence-corrected chi connectivity index (χ0v) is 16.5. The molecule has 0 radical (unpaired) electrons. The molecule has 0 spiro atoms. The highest BCUT2D eigenvalue weighted by atomic mass is 14.1. The summed E-state index contributed by atoms with van der Waals surface area (Å²) in [6.07, 6.45) is 0. The molecule has 0 fully saturated rings. The van der Waals surface area contributed by atoms with E-state index in [1.165, 1.54) is 49.7 Å². The van der Waals surface area contributed by atoms with Crippen LogP contribution in [0.15, 0.2) is 115 Å². The largest absolute Gasteiger partial charge is 0.0616 e. The van der Waals surface area contributed by atoms with Gasteiger partial charge in [0, 0.05) is 0 Å². The van der Waals surface area contributed by atoms with Gasteiger partial charge < -0.3 is 0 Å². The summed E-state index contributed by atoms with van der Waals surface area (Å²) in [7, 11) is 0. The Morgan fingerprint density at radius 3 is 1.41 bits per heavy atom. The van der Waals surface area contributed by atoms with E-state index in [-0.39, 0.29) is 0 Å². The molecule has 0 unspecified atom stereocenters. The first-order valence-corrected chi connectivity index (χ1v) is 10.0. The fraction of sp³-hybridized carbons (Fsp3) is 0.0345. The molecule has 0 heterocycles. The van der Waals surface area contributed by atoms with Crippen LogP contribution in [0.1, 0.15) is 5.56 Å². The van der Waals surface area contributed by atoms with Crippen LogP contribution in [-0.2, 0) is 0 Å². The summed E-state index contributed by atoms with van der Waals surface area (Å²) in [5.74, 6) is 0. The Morgan fingerprint density at radius 2 is 0.828 bits per heavy atom. The van der Waals surface area contributed by atoms with Crippen molar-refractivity contribution < 1.29 is 0 Å². The van der Waals surface area contributed by atoms with E-state index in [9.17, 15) is 0 Å². The second-order valence-corrected chi connectivity index (χ2v) is 7.59. The Kier molecular flexibility index (Phi) is 4.46. The van der Waals surface area contributed by atoms with Crippen molar-refractivity contribution in [3.8, 4) is 33.4 Å². The molecule has 5 rings (SSSR count). The van der Waals surface area contributed by atoms with Crippen molar-refractivity contribution in [1.82, 2.24) is 0 Å². The Labute approximate surface area is 172 Å². The molecule has 29 heavy (non-hydrogen) atoms. The molecule has 5 aromatic rings. The minimum absolute atomic E-state index is 1.24. The van der Waals surface area contributed by atoms with E-state index in [1.807, 2.05) is 0 Å². The first kappa shape index (κ1) is 17.5. The number of rotatable bonds is 3. The van der Waals surface area contributed by atoms with Crippen LogP contribution >= 0.6 is 0 Å². The molecular weight excluding hydrogens is 348 g/mol. The lowest BCUT2D eigenvalue weighted by molar-refractivity contribution is 1.47. The van der Waals surface area contributed by atoms with Gasteiger partial charge in [0.2, 0.25) is 0 Å². The van der Waals surface area contributed by atoms with Crippen molar-refractivity contribution in [3.63, 3.8) is 0 Å². The molecule has 0 N–H and O–H groups in total. The van der Waals surface area contributed by atoms with E-state index in [0.717, 1.165) is 0 Å². The maximum absolute atomic E-state index is 2.29. The second kappa shape index (κ2) is 7.41. The van der Waals surface area contributed by atoms with E-state index >= 15 is 0 Å². The molecule has 0 saturated carbocycles. The fourth-order valence-corrected chi connectivity index (χ4v) is 3.95. The summed E-state index contributed by atoms with van der Waals surface area (Å²) in [4.78, 5) is 0. The first-order valence-electron chi connectivity index (χ1n) is 10.0. The highest BCUT2D eigenvalue weighted by Crippen LogP contribution is 2.31. The smallest absolute Gasteiger partial charge is 0.0177 e. The third kappa shape index (κ3) is 3.58. The molecule has 0 aliphatic heterocycles. The second-order valence-electron chi connectivity index (χ2n) is 7.59. The average Bonchev–Trinajstić information content (AvgIpc) is 2.79. The van der Waals surface area contributed by atoms with Gasteiger partial charge in [-0.25, -0.2) is 0 Å². The molecule has 0 amide bonds. The molecule has 138 valence electrons. The summed E-state index contributed by atoms with van der Waals surface area (Å²) < 4.78 is 0. The average molecular weight is 370 g/mol. The molecule has 0 bridgehead atoms. The Balaban J connectivity index is 1.55. The highest BCUT2D eigenvalue weighted by molar-refractivity contribution is 5.88. The van der Waals surface area contributed by atoms with E-state index in [0.29, 0.717) is 0 Å². The van der Waals surface area contributed by atoms with Gasteiger partial charge in [-0.3, -0.25) is 0 Å². The molecule has 0 aliphatic carbocycles. The van der Waals surface area contributed by atoms with Crippen LogP contribution in [0.4, 0.5) is 0 Å². The van der Waals surface area contributed by atoms with Gasteiger partial charge in [0.1, 0.15) is 0 Å². The first-order chi connectivity index (χ1) is 14.3. The van der Waals surface area contributed by atoms with Crippen molar-refractivity contribution >= 4 is 10.8 Å². The monoisotopic (exact) mass is 370 g/mol. The molecule has 5 aromatic carbocycles. The predicted molar refractivity (Wildman–Crippen MR) is 125 cm³/mol. The standard InChI is InChI=1S/C29H22/c1-21-7-4-10-23(17-21)25-11-5-12-26(19-25)27-13-6-14-28(20-27)29-16-15-22-8-2-3-9-24(22)18-29/h2-20H,1H3. The molecule has 0 saturated heterocycles. The van der Waals surface area contributed by atoms with Crippen LogP contribution < -0.4 is 0 Å². The molecule has 0 nitrogen and oxygen atoms in total. The van der Waals surface area contributed by atoms with Crippen molar-refractivity contribution in [2.75, 3.05) is 0 Å². The minimum Gasteiger partial charge on any atom is -0.0616 e. The third-order valence-electron chi connectivity index (χ3n) is 5.49. The van der Waals surface area contributed by atoms with Gasteiger partial charge in [0.25, 0.3) is 0 Å². The van der Waals surface area contributed by atoms with Crippen molar-refractivity contribution in [3.05, 3.63) is 121 Å². The molecule has 0 aliphatic rings. The Morgan fingerprint density at radius 1 is 0.345 bits per heavy atom. The number of aryl methyl sites for hydroxylation is 1. The van der Waals surface area contributed by atoms with Crippen molar-refractivity contribution in [2.45, 2.75) is 6.92 Å². The van der Waals surface area contributed by atoms with Crippen LogP contribution in [0.5, 0.6) is 0 Å². The lowest BCUT2D eigenvalue weighted by Gasteiger charge is -2.09. The maximum Gasteiger partial charge on any atom is -0.0177 e. The highest BCUT2D eigenvalue weighted by Gasteiger charge is 2.05. The number of hydrogen-bond donors (Lipinski definition) is 0. The van der Waals surface area contributed by atoms with Gasteiger partial charge in [0.15, 0.2) is 0 Å². The van der Waals surface area contributed by atoms with Crippen LogP contribution in [0.2, 0.25) is 0 Å². The summed E-state index contributed by atoms with van der Waals surface area (Å²) in [5.41, 5.74) is 8.78. The number of fused-ring (bicyclic) bond motifs is 1. The maximum atomic E-state index is 2.29. The van der Waals surface area contributed by atoms with Crippen LogP contribution in [0.25, 0.3) is 44.2 Å². The van der Waals surface area contributed by atoms with Gasteiger partial charge in [-0.1, -0.05) is 103 Å². The molecular formula is C29H22. The van der Waals surface area contributed by atoms with Gasteiger partial charge >= 0.3 is 0 Å². The Bertz CT molecular complexity index is 1310. The Hall–Kier alpha value is -3.64. The van der Waals surface area contributed by atoms with E-state index < -0.39 is 0 Å². The summed E-state index contributed by atoms with van der Waals surface area (Å²) >= 11 is 0. The molecule has 0 heteroatoms. The van der Waals surface area contributed by atoms with Crippen LogP contribution in [0.3, 0.4) is 0 Å². The number of hydrogen-bond acceptors (Lipinski definition) is 0. The number of benzene rings is 5. The quantitative estimate of drug-likeness (QED) is 0.300. The van der Waals surface area contributed by atoms with E-state index in [1.54, 1.807) is 0 Å². The fourth-order valence-electron chi connectivity index (χ4n) is 3.95. The zero-order valence-electron chi connectivity index (χ0n) is 16.5. The molecule has 0 atom stereocenters. The summed E-state index contributed by atoms with van der Waals surface area (Å²) in [6.45, 7) is 2.14. The van der Waals surface area contributed by atoms with Crippen molar-refractivity contribution in [1.29, 1.82) is 0 Å². The summed E-state index contributed by atoms with van der Waals surface area (Å²) in [6, 6.07) is 41.5.